The van der Waals surface area contributed by atoms with Crippen LogP contribution in [0.1, 0.15) is 23.0 Å². The predicted molar refractivity (Wildman–Crippen MR) is 63.0 cm³/mol. The Bertz CT molecular complexity index is 442. The average Bonchev–Trinajstić information content (AvgIpc) is 2.96. The standard InChI is InChI=1S/C11H13NO4S/c1-2-9-7(3-4-16-9)10(13)12-6-17-5-8(12)11(14)15/h3-4,8H,2,5-6H2,1H3,(H,14,15)/t8-/m0/s1. The lowest BCUT2D eigenvalue weighted by molar-refractivity contribution is -0.140. The highest BCUT2D eigenvalue weighted by Crippen LogP contribution is 2.24. The third kappa shape index (κ3) is 2.17. The molecule has 0 radical (unpaired) electrons. The molecule has 0 unspecified atom stereocenters. The van der Waals surface area contributed by atoms with Crippen molar-refractivity contribution in [2.75, 3.05) is 11.6 Å². The maximum absolute atomic E-state index is 12.2. The normalized spacial score (nSPS) is 19.6. The summed E-state index contributed by atoms with van der Waals surface area (Å²) in [5.74, 6) is 0.263. The second kappa shape index (κ2) is 4.83. The molecule has 0 bridgehead atoms. The molecule has 0 spiro atoms. The molecule has 5 nitrogen and oxygen atoms in total. The van der Waals surface area contributed by atoms with Crippen LogP contribution < -0.4 is 0 Å². The third-order valence-electron chi connectivity index (χ3n) is 2.73. The van der Waals surface area contributed by atoms with E-state index in [-0.39, 0.29) is 5.91 Å². The first-order chi connectivity index (χ1) is 8.15. The van der Waals surface area contributed by atoms with Crippen LogP contribution in [0.4, 0.5) is 0 Å². The van der Waals surface area contributed by atoms with E-state index in [0.717, 1.165) is 0 Å². The summed E-state index contributed by atoms with van der Waals surface area (Å²) in [6.07, 6.45) is 2.08. The number of carbonyl (C=O) groups excluding carboxylic acids is 1. The summed E-state index contributed by atoms with van der Waals surface area (Å²) in [6.45, 7) is 1.89. The van der Waals surface area contributed by atoms with Gasteiger partial charge in [0.15, 0.2) is 0 Å². The van der Waals surface area contributed by atoms with Gasteiger partial charge in [-0.1, -0.05) is 6.92 Å². The summed E-state index contributed by atoms with van der Waals surface area (Å²) in [4.78, 5) is 24.6. The number of hydrogen-bond donors (Lipinski definition) is 1. The molecule has 2 rings (SSSR count). The summed E-state index contributed by atoms with van der Waals surface area (Å²) < 4.78 is 5.19. The Balaban J connectivity index is 2.23. The molecule has 17 heavy (non-hydrogen) atoms. The zero-order chi connectivity index (χ0) is 12.4. The minimum absolute atomic E-state index is 0.256. The van der Waals surface area contributed by atoms with Gasteiger partial charge >= 0.3 is 5.97 Å². The number of amides is 1. The molecule has 2 heterocycles. The van der Waals surface area contributed by atoms with E-state index in [1.54, 1.807) is 6.07 Å². The maximum atomic E-state index is 12.2. The zero-order valence-corrected chi connectivity index (χ0v) is 10.2. The summed E-state index contributed by atoms with van der Waals surface area (Å²) in [7, 11) is 0. The van der Waals surface area contributed by atoms with Crippen LogP contribution >= 0.6 is 11.8 Å². The quantitative estimate of drug-likeness (QED) is 0.885. The summed E-state index contributed by atoms with van der Waals surface area (Å²) in [5.41, 5.74) is 0.473. The summed E-state index contributed by atoms with van der Waals surface area (Å²) in [5, 5.41) is 9.03. The Kier molecular flexibility index (Phi) is 3.42. The largest absolute Gasteiger partial charge is 0.480 e. The Morgan fingerprint density at radius 2 is 2.41 bits per heavy atom. The number of aryl methyl sites for hydroxylation is 1. The first-order valence-electron chi connectivity index (χ1n) is 5.33. The molecule has 0 saturated carbocycles. The van der Waals surface area contributed by atoms with Gasteiger partial charge in [-0.05, 0) is 6.07 Å². The van der Waals surface area contributed by atoms with E-state index in [2.05, 4.69) is 0 Å². The fourth-order valence-electron chi connectivity index (χ4n) is 1.81. The SMILES string of the molecule is CCc1occc1C(=O)N1CSC[C@H]1C(=O)O. The number of carboxylic acids is 1. The molecule has 92 valence electrons. The van der Waals surface area contributed by atoms with E-state index in [1.807, 2.05) is 6.92 Å². The number of thioether (sulfide) groups is 1. The van der Waals surface area contributed by atoms with E-state index >= 15 is 0 Å². The Morgan fingerprint density at radius 3 is 3.06 bits per heavy atom. The molecular weight excluding hydrogens is 242 g/mol. The monoisotopic (exact) mass is 255 g/mol. The smallest absolute Gasteiger partial charge is 0.327 e. The Labute approximate surface area is 103 Å². The van der Waals surface area contributed by atoms with Gasteiger partial charge in [-0.25, -0.2) is 4.79 Å². The summed E-state index contributed by atoms with van der Waals surface area (Å²) in [6, 6.07) is 0.871. The highest BCUT2D eigenvalue weighted by atomic mass is 32.2. The van der Waals surface area contributed by atoms with Gasteiger partial charge in [0.25, 0.3) is 5.91 Å². The number of furan rings is 1. The van der Waals surface area contributed by atoms with Gasteiger partial charge in [-0.2, -0.15) is 0 Å². The highest BCUT2D eigenvalue weighted by molar-refractivity contribution is 7.99. The topological polar surface area (TPSA) is 70.8 Å². The van der Waals surface area contributed by atoms with Crippen molar-refractivity contribution in [3.8, 4) is 0 Å². The van der Waals surface area contributed by atoms with Crippen LogP contribution in [0.3, 0.4) is 0 Å². The van der Waals surface area contributed by atoms with Crippen molar-refractivity contribution in [3.63, 3.8) is 0 Å². The average molecular weight is 255 g/mol. The van der Waals surface area contributed by atoms with Crippen LogP contribution in [-0.4, -0.2) is 39.6 Å². The van der Waals surface area contributed by atoms with E-state index < -0.39 is 12.0 Å². The lowest BCUT2D eigenvalue weighted by Gasteiger charge is -2.20. The second-order valence-electron chi connectivity index (χ2n) is 3.74. The number of aliphatic carboxylic acids is 1. The molecule has 0 aliphatic carbocycles. The molecule has 1 fully saturated rings. The summed E-state index contributed by atoms with van der Waals surface area (Å²) >= 11 is 1.45. The minimum Gasteiger partial charge on any atom is -0.480 e. The van der Waals surface area contributed by atoms with Gasteiger partial charge in [0.2, 0.25) is 0 Å². The van der Waals surface area contributed by atoms with Crippen molar-refractivity contribution < 1.29 is 19.1 Å². The Morgan fingerprint density at radius 1 is 1.65 bits per heavy atom. The van der Waals surface area contributed by atoms with Crippen LogP contribution in [0.5, 0.6) is 0 Å². The molecule has 6 heteroatoms. The first-order valence-corrected chi connectivity index (χ1v) is 6.48. The number of carbonyl (C=O) groups is 2. The van der Waals surface area contributed by atoms with E-state index in [0.29, 0.717) is 29.4 Å². The van der Waals surface area contributed by atoms with Crippen LogP contribution in [-0.2, 0) is 11.2 Å². The van der Waals surface area contributed by atoms with Crippen molar-refractivity contribution in [1.29, 1.82) is 0 Å². The molecular formula is C11H13NO4S. The Hall–Kier alpha value is -1.43. The number of nitrogens with zero attached hydrogens (tertiary/aromatic N) is 1. The van der Waals surface area contributed by atoms with Gasteiger partial charge in [-0.3, -0.25) is 4.79 Å². The van der Waals surface area contributed by atoms with Crippen LogP contribution in [0.2, 0.25) is 0 Å². The zero-order valence-electron chi connectivity index (χ0n) is 9.38. The van der Waals surface area contributed by atoms with E-state index in [9.17, 15) is 9.59 Å². The number of carboxylic acid groups (broad SMARTS) is 1. The molecule has 0 aromatic carbocycles. The molecule has 1 aliphatic rings. The van der Waals surface area contributed by atoms with E-state index in [4.69, 9.17) is 9.52 Å². The van der Waals surface area contributed by atoms with Crippen LogP contribution in [0, 0.1) is 0 Å². The third-order valence-corrected chi connectivity index (χ3v) is 3.74. The van der Waals surface area contributed by atoms with Gasteiger partial charge in [0.05, 0.1) is 17.7 Å². The van der Waals surface area contributed by atoms with Crippen molar-refractivity contribution in [2.45, 2.75) is 19.4 Å². The lowest BCUT2D eigenvalue weighted by Crippen LogP contribution is -2.41. The molecule has 1 amide bonds. The molecule has 1 aliphatic heterocycles. The maximum Gasteiger partial charge on any atom is 0.327 e. The van der Waals surface area contributed by atoms with Crippen molar-refractivity contribution in [3.05, 3.63) is 23.7 Å². The van der Waals surface area contributed by atoms with E-state index in [1.165, 1.54) is 22.9 Å². The fourth-order valence-corrected chi connectivity index (χ4v) is 2.95. The molecule has 1 atom stereocenters. The fraction of sp³-hybridized carbons (Fsp3) is 0.455. The van der Waals surface area contributed by atoms with Crippen molar-refractivity contribution >= 4 is 23.6 Å². The van der Waals surface area contributed by atoms with Crippen molar-refractivity contribution in [1.82, 2.24) is 4.90 Å². The minimum atomic E-state index is -0.954. The predicted octanol–water partition coefficient (Wildman–Crippen LogP) is 1.44. The lowest BCUT2D eigenvalue weighted by atomic mass is 10.1. The number of rotatable bonds is 3. The van der Waals surface area contributed by atoms with Gasteiger partial charge in [-0.15, -0.1) is 11.8 Å². The van der Waals surface area contributed by atoms with Crippen molar-refractivity contribution in [2.24, 2.45) is 0 Å². The van der Waals surface area contributed by atoms with Gasteiger partial charge < -0.3 is 14.4 Å². The van der Waals surface area contributed by atoms with Gasteiger partial charge in [0, 0.05) is 12.2 Å². The molecule has 1 saturated heterocycles. The molecule has 1 aromatic heterocycles. The van der Waals surface area contributed by atoms with Crippen LogP contribution in [0.25, 0.3) is 0 Å². The molecule has 1 N–H and O–H groups in total. The van der Waals surface area contributed by atoms with Gasteiger partial charge in [0.1, 0.15) is 11.8 Å². The first kappa shape index (κ1) is 12.0. The molecule has 1 aromatic rings. The number of hydrogen-bond acceptors (Lipinski definition) is 4. The highest BCUT2D eigenvalue weighted by Gasteiger charge is 2.36. The van der Waals surface area contributed by atoms with Crippen LogP contribution in [0.15, 0.2) is 16.7 Å². The second-order valence-corrected chi connectivity index (χ2v) is 4.74.